The molecule has 98 valence electrons. The third kappa shape index (κ3) is 3.00. The van der Waals surface area contributed by atoms with E-state index in [-0.39, 0.29) is 17.3 Å². The van der Waals surface area contributed by atoms with Crippen LogP contribution in [-0.4, -0.2) is 16.0 Å². The van der Waals surface area contributed by atoms with Gasteiger partial charge in [-0.25, -0.2) is 4.39 Å². The maximum absolute atomic E-state index is 13.4. The van der Waals surface area contributed by atoms with Crippen LogP contribution < -0.4 is 10.5 Å². The number of nitrogens with two attached hydrogens (primary N) is 1. The van der Waals surface area contributed by atoms with Crippen molar-refractivity contribution in [2.75, 3.05) is 0 Å². The summed E-state index contributed by atoms with van der Waals surface area (Å²) in [4.78, 5) is 3.88. The first-order chi connectivity index (χ1) is 9.11. The van der Waals surface area contributed by atoms with Gasteiger partial charge in [0.2, 0.25) is 0 Å². The van der Waals surface area contributed by atoms with Crippen molar-refractivity contribution in [3.05, 3.63) is 52.5 Å². The minimum Gasteiger partial charge on any atom is -0.455 e. The fourth-order valence-electron chi connectivity index (χ4n) is 1.39. The number of benzene rings is 1. The molecule has 0 amide bonds. The van der Waals surface area contributed by atoms with E-state index >= 15 is 0 Å². The Hall–Kier alpha value is -2.15. The van der Waals surface area contributed by atoms with Gasteiger partial charge in [0.25, 0.3) is 0 Å². The van der Waals surface area contributed by atoms with Crippen molar-refractivity contribution in [2.45, 2.75) is 0 Å². The van der Waals surface area contributed by atoms with E-state index in [4.69, 9.17) is 15.7 Å². The lowest BCUT2D eigenvalue weighted by Gasteiger charge is -2.09. The van der Waals surface area contributed by atoms with Crippen LogP contribution in [0.2, 0.25) is 0 Å². The van der Waals surface area contributed by atoms with E-state index in [0.29, 0.717) is 10.0 Å². The zero-order chi connectivity index (χ0) is 13.8. The van der Waals surface area contributed by atoms with E-state index in [0.717, 1.165) is 0 Å². The molecule has 1 heterocycles. The van der Waals surface area contributed by atoms with Gasteiger partial charge in [0.05, 0.1) is 16.2 Å². The number of hydrogen-bond donors (Lipinski definition) is 2. The lowest BCUT2D eigenvalue weighted by molar-refractivity contribution is 0.318. The molecule has 0 atom stereocenters. The maximum Gasteiger partial charge on any atom is 0.173 e. The van der Waals surface area contributed by atoms with E-state index in [2.05, 4.69) is 26.1 Å². The molecule has 0 saturated heterocycles. The monoisotopic (exact) mass is 325 g/mol. The standard InChI is InChI=1S/C12H9BrFN3O2/c13-9-2-1-7(5-10(9)14)19-11-6-16-4-3-8(11)12(15)17-18/h1-6,18H,(H2,15,17). The van der Waals surface area contributed by atoms with Crippen molar-refractivity contribution in [2.24, 2.45) is 10.9 Å². The van der Waals surface area contributed by atoms with E-state index in [1.165, 1.54) is 30.6 Å². The molecule has 1 aromatic carbocycles. The van der Waals surface area contributed by atoms with Gasteiger partial charge in [-0.1, -0.05) is 5.16 Å². The summed E-state index contributed by atoms with van der Waals surface area (Å²) in [5.41, 5.74) is 5.88. The average molecular weight is 326 g/mol. The molecule has 0 aliphatic carbocycles. The second-order valence-electron chi connectivity index (χ2n) is 3.54. The maximum atomic E-state index is 13.4. The van der Waals surface area contributed by atoms with Crippen LogP contribution in [0.4, 0.5) is 4.39 Å². The summed E-state index contributed by atoms with van der Waals surface area (Å²) in [6.07, 6.45) is 2.87. The summed E-state index contributed by atoms with van der Waals surface area (Å²) in [6, 6.07) is 5.84. The fourth-order valence-corrected chi connectivity index (χ4v) is 1.64. The van der Waals surface area contributed by atoms with E-state index in [9.17, 15) is 4.39 Å². The number of rotatable bonds is 3. The lowest BCUT2D eigenvalue weighted by atomic mass is 10.2. The van der Waals surface area contributed by atoms with Crippen LogP contribution in [0.25, 0.3) is 0 Å². The number of ether oxygens (including phenoxy) is 1. The molecule has 3 N–H and O–H groups in total. The molecule has 2 rings (SSSR count). The minimum atomic E-state index is -0.452. The zero-order valence-electron chi connectivity index (χ0n) is 9.55. The number of halogens is 2. The number of amidine groups is 1. The van der Waals surface area contributed by atoms with Gasteiger partial charge >= 0.3 is 0 Å². The molecule has 0 aliphatic rings. The Kier molecular flexibility index (Phi) is 3.96. The first-order valence-electron chi connectivity index (χ1n) is 5.16. The third-order valence-electron chi connectivity index (χ3n) is 2.29. The summed E-state index contributed by atoms with van der Waals surface area (Å²) < 4.78 is 19.2. The second kappa shape index (κ2) is 5.66. The smallest absolute Gasteiger partial charge is 0.173 e. The molecule has 0 fully saturated rings. The normalized spacial score (nSPS) is 11.4. The Bertz CT molecular complexity index is 634. The second-order valence-corrected chi connectivity index (χ2v) is 4.39. The molecule has 5 nitrogen and oxygen atoms in total. The Morgan fingerprint density at radius 2 is 2.21 bits per heavy atom. The molecule has 1 aromatic heterocycles. The van der Waals surface area contributed by atoms with Crippen LogP contribution in [-0.2, 0) is 0 Å². The zero-order valence-corrected chi connectivity index (χ0v) is 11.1. The molecule has 0 unspecified atom stereocenters. The van der Waals surface area contributed by atoms with Crippen molar-refractivity contribution < 1.29 is 14.3 Å². The molecule has 0 saturated carbocycles. The van der Waals surface area contributed by atoms with Gasteiger partial charge in [-0.05, 0) is 34.1 Å². The van der Waals surface area contributed by atoms with Crippen LogP contribution in [0.5, 0.6) is 11.5 Å². The quantitative estimate of drug-likeness (QED) is 0.393. The number of oxime groups is 1. The summed E-state index contributed by atoms with van der Waals surface area (Å²) >= 11 is 3.05. The molecule has 7 heteroatoms. The van der Waals surface area contributed by atoms with Gasteiger partial charge in [0.15, 0.2) is 11.6 Å². The third-order valence-corrected chi connectivity index (χ3v) is 2.93. The van der Waals surface area contributed by atoms with Gasteiger partial charge < -0.3 is 15.7 Å². The molecule has 19 heavy (non-hydrogen) atoms. The first kappa shape index (κ1) is 13.3. The van der Waals surface area contributed by atoms with Crippen LogP contribution in [0, 0.1) is 5.82 Å². The van der Waals surface area contributed by atoms with Crippen molar-refractivity contribution in [1.82, 2.24) is 4.98 Å². The molecular weight excluding hydrogens is 317 g/mol. The van der Waals surface area contributed by atoms with Crippen molar-refractivity contribution in [1.29, 1.82) is 0 Å². The van der Waals surface area contributed by atoms with Gasteiger partial charge in [-0.2, -0.15) is 0 Å². The van der Waals surface area contributed by atoms with E-state index < -0.39 is 5.82 Å². The Morgan fingerprint density at radius 3 is 2.89 bits per heavy atom. The Morgan fingerprint density at radius 1 is 1.42 bits per heavy atom. The number of pyridine rings is 1. The van der Waals surface area contributed by atoms with Crippen molar-refractivity contribution >= 4 is 21.8 Å². The highest BCUT2D eigenvalue weighted by molar-refractivity contribution is 9.10. The van der Waals surface area contributed by atoms with Crippen LogP contribution >= 0.6 is 15.9 Å². The van der Waals surface area contributed by atoms with Gasteiger partial charge in [-0.3, -0.25) is 4.98 Å². The molecule has 0 bridgehead atoms. The topological polar surface area (TPSA) is 80.7 Å². The predicted molar refractivity (Wildman–Crippen MR) is 70.9 cm³/mol. The Labute approximate surface area is 116 Å². The van der Waals surface area contributed by atoms with Crippen LogP contribution in [0.1, 0.15) is 5.56 Å². The molecule has 0 aliphatic heterocycles. The lowest BCUT2D eigenvalue weighted by Crippen LogP contribution is -2.14. The molecule has 0 radical (unpaired) electrons. The number of aromatic nitrogens is 1. The largest absolute Gasteiger partial charge is 0.455 e. The fraction of sp³-hybridized carbons (Fsp3) is 0. The predicted octanol–water partition coefficient (Wildman–Crippen LogP) is 2.87. The highest BCUT2D eigenvalue weighted by atomic mass is 79.9. The van der Waals surface area contributed by atoms with Crippen LogP contribution in [0.15, 0.2) is 46.3 Å². The van der Waals surface area contributed by atoms with Gasteiger partial charge in [-0.15, -0.1) is 0 Å². The summed E-state index contributed by atoms with van der Waals surface area (Å²) in [6.45, 7) is 0. The van der Waals surface area contributed by atoms with Gasteiger partial charge in [0.1, 0.15) is 11.6 Å². The van der Waals surface area contributed by atoms with Gasteiger partial charge in [0, 0.05) is 12.3 Å². The molecule has 0 spiro atoms. The highest BCUT2D eigenvalue weighted by Crippen LogP contribution is 2.27. The SMILES string of the molecule is N/C(=N/O)c1ccncc1Oc1ccc(Br)c(F)c1. The molecule has 2 aromatic rings. The average Bonchev–Trinajstić information content (AvgIpc) is 2.43. The molecular formula is C12H9BrFN3O2. The summed E-state index contributed by atoms with van der Waals surface area (Å²) in [7, 11) is 0. The van der Waals surface area contributed by atoms with Crippen LogP contribution in [0.3, 0.4) is 0 Å². The first-order valence-corrected chi connectivity index (χ1v) is 5.96. The van der Waals surface area contributed by atoms with Crippen molar-refractivity contribution in [3.63, 3.8) is 0 Å². The van der Waals surface area contributed by atoms with E-state index in [1.54, 1.807) is 6.07 Å². The van der Waals surface area contributed by atoms with Crippen molar-refractivity contribution in [3.8, 4) is 11.5 Å². The van der Waals surface area contributed by atoms with E-state index in [1.807, 2.05) is 0 Å². The highest BCUT2D eigenvalue weighted by Gasteiger charge is 2.10. The number of hydrogen-bond acceptors (Lipinski definition) is 4. The number of nitrogens with zero attached hydrogens (tertiary/aromatic N) is 2. The Balaban J connectivity index is 2.35. The summed E-state index contributed by atoms with van der Waals surface area (Å²) in [5.74, 6) is -0.0260. The summed E-state index contributed by atoms with van der Waals surface area (Å²) in [5, 5.41) is 11.6. The minimum absolute atomic E-state index is 0.116.